The zero-order chi connectivity index (χ0) is 13.5. The number of carbonyl (C=O) groups excluding carboxylic acids is 2. The van der Waals surface area contributed by atoms with E-state index in [1.165, 1.54) is 11.3 Å². The highest BCUT2D eigenvalue weighted by molar-refractivity contribution is 7.13. The number of carbonyl (C=O) groups is 2. The maximum Gasteiger partial charge on any atom is 0.241 e. The van der Waals surface area contributed by atoms with Gasteiger partial charge in [0.2, 0.25) is 11.8 Å². The predicted octanol–water partition coefficient (Wildman–Crippen LogP) is 0.252. The van der Waals surface area contributed by atoms with Crippen molar-refractivity contribution in [2.75, 3.05) is 25.4 Å². The van der Waals surface area contributed by atoms with Crippen LogP contribution >= 0.6 is 11.3 Å². The Morgan fingerprint density at radius 1 is 1.44 bits per heavy atom. The molecule has 0 aromatic carbocycles. The highest BCUT2D eigenvalue weighted by Gasteiger charge is 2.12. The van der Waals surface area contributed by atoms with Crippen molar-refractivity contribution < 1.29 is 9.59 Å². The molecule has 0 aliphatic heterocycles. The van der Waals surface area contributed by atoms with Crippen molar-refractivity contribution in [3.05, 3.63) is 11.1 Å². The minimum absolute atomic E-state index is 0.0279. The first-order valence-corrected chi connectivity index (χ1v) is 6.69. The van der Waals surface area contributed by atoms with Gasteiger partial charge in [-0.05, 0) is 13.8 Å². The van der Waals surface area contributed by atoms with Crippen LogP contribution in [0.2, 0.25) is 0 Å². The lowest BCUT2D eigenvalue weighted by atomic mass is 10.3. The van der Waals surface area contributed by atoms with Gasteiger partial charge < -0.3 is 16.0 Å². The first-order chi connectivity index (χ1) is 8.56. The van der Waals surface area contributed by atoms with Crippen molar-refractivity contribution in [2.45, 2.75) is 20.3 Å². The number of nitrogens with zero attached hydrogens (tertiary/aromatic N) is 2. The lowest BCUT2D eigenvalue weighted by Gasteiger charge is -2.18. The molecule has 6 nitrogen and oxygen atoms in total. The number of likely N-dealkylation sites (N-methyl/N-ethyl adjacent to an activating group) is 1. The third-order valence-corrected chi connectivity index (χ3v) is 3.19. The lowest BCUT2D eigenvalue weighted by Crippen LogP contribution is -2.40. The van der Waals surface area contributed by atoms with Crippen molar-refractivity contribution in [3.8, 4) is 0 Å². The fraction of sp³-hybridized carbons (Fsp3) is 0.545. The van der Waals surface area contributed by atoms with Crippen LogP contribution in [0.15, 0.2) is 5.38 Å². The summed E-state index contributed by atoms with van der Waals surface area (Å²) in [6, 6.07) is 0. The van der Waals surface area contributed by atoms with Gasteiger partial charge in [0.25, 0.3) is 0 Å². The number of rotatable bonds is 6. The van der Waals surface area contributed by atoms with Crippen molar-refractivity contribution in [1.82, 2.24) is 15.2 Å². The molecule has 2 amide bonds. The third-order valence-electron chi connectivity index (χ3n) is 2.46. The molecule has 0 aliphatic rings. The van der Waals surface area contributed by atoms with Crippen LogP contribution in [0.4, 0.5) is 5.13 Å². The van der Waals surface area contributed by atoms with Crippen molar-refractivity contribution in [3.63, 3.8) is 0 Å². The summed E-state index contributed by atoms with van der Waals surface area (Å²) in [6.07, 6.45) is 0.152. The van der Waals surface area contributed by atoms with Gasteiger partial charge in [-0.25, -0.2) is 4.98 Å². The van der Waals surface area contributed by atoms with E-state index in [9.17, 15) is 9.59 Å². The van der Waals surface area contributed by atoms with Crippen molar-refractivity contribution in [1.29, 1.82) is 0 Å². The quantitative estimate of drug-likeness (QED) is 0.775. The molecule has 0 bridgehead atoms. The Hall–Kier alpha value is -1.63. The molecule has 0 spiro atoms. The Morgan fingerprint density at radius 3 is 2.61 bits per heavy atom. The SMILES string of the molecule is CCN(CC)C(=O)CNC(=O)Cc1csc(N)n1. The standard InChI is InChI=1S/C11H18N4O2S/c1-3-15(4-2)10(17)6-13-9(16)5-8-7-18-11(12)14-8/h7H,3-6H2,1-2H3,(H2,12,14)(H,13,16). The molecule has 18 heavy (non-hydrogen) atoms. The fourth-order valence-electron chi connectivity index (χ4n) is 1.49. The average Bonchev–Trinajstić information content (AvgIpc) is 2.73. The van der Waals surface area contributed by atoms with E-state index in [0.717, 1.165) is 0 Å². The molecule has 0 radical (unpaired) electrons. The maximum absolute atomic E-state index is 11.6. The number of nitrogen functional groups attached to an aromatic ring is 1. The van der Waals surface area contributed by atoms with E-state index in [2.05, 4.69) is 10.3 Å². The molecule has 0 saturated carbocycles. The summed E-state index contributed by atoms with van der Waals surface area (Å²) in [5, 5.41) is 4.76. The number of thiazole rings is 1. The van der Waals surface area contributed by atoms with Crippen LogP contribution in [-0.2, 0) is 16.0 Å². The summed E-state index contributed by atoms with van der Waals surface area (Å²) in [5.74, 6) is -0.299. The molecule has 3 N–H and O–H groups in total. The minimum atomic E-state index is -0.221. The smallest absolute Gasteiger partial charge is 0.241 e. The minimum Gasteiger partial charge on any atom is -0.375 e. The van der Waals surface area contributed by atoms with Crippen LogP contribution in [0.5, 0.6) is 0 Å². The number of hydrogen-bond acceptors (Lipinski definition) is 5. The van der Waals surface area contributed by atoms with Gasteiger partial charge in [0.15, 0.2) is 5.13 Å². The van der Waals surface area contributed by atoms with Gasteiger partial charge >= 0.3 is 0 Å². The molecule has 1 aromatic rings. The van der Waals surface area contributed by atoms with Gasteiger partial charge in [-0.3, -0.25) is 9.59 Å². The number of aromatic nitrogens is 1. The highest BCUT2D eigenvalue weighted by atomic mass is 32.1. The second-order valence-corrected chi connectivity index (χ2v) is 4.59. The van der Waals surface area contributed by atoms with E-state index in [1.807, 2.05) is 13.8 Å². The second kappa shape index (κ2) is 6.95. The molecule has 1 rings (SSSR count). The first-order valence-electron chi connectivity index (χ1n) is 5.81. The van der Waals surface area contributed by atoms with Gasteiger partial charge in [0.1, 0.15) is 0 Å². The van der Waals surface area contributed by atoms with E-state index in [0.29, 0.717) is 23.9 Å². The Morgan fingerprint density at radius 2 is 2.11 bits per heavy atom. The molecule has 0 fully saturated rings. The molecular weight excluding hydrogens is 252 g/mol. The topological polar surface area (TPSA) is 88.3 Å². The van der Waals surface area contributed by atoms with Crippen LogP contribution in [0.1, 0.15) is 19.5 Å². The van der Waals surface area contributed by atoms with Crippen LogP contribution < -0.4 is 11.1 Å². The average molecular weight is 270 g/mol. The zero-order valence-corrected chi connectivity index (χ0v) is 11.4. The van der Waals surface area contributed by atoms with E-state index in [-0.39, 0.29) is 24.8 Å². The molecular formula is C11H18N4O2S. The van der Waals surface area contributed by atoms with Crippen LogP contribution in [0.25, 0.3) is 0 Å². The number of amides is 2. The Kier molecular flexibility index (Phi) is 5.57. The van der Waals surface area contributed by atoms with Gasteiger partial charge in [0, 0.05) is 18.5 Å². The number of hydrogen-bond donors (Lipinski definition) is 2. The third kappa shape index (κ3) is 4.33. The summed E-state index contributed by atoms with van der Waals surface area (Å²) in [7, 11) is 0. The monoisotopic (exact) mass is 270 g/mol. The number of nitrogens with one attached hydrogen (secondary N) is 1. The van der Waals surface area contributed by atoms with E-state index >= 15 is 0 Å². The molecule has 100 valence electrons. The summed E-state index contributed by atoms with van der Waals surface area (Å²) in [4.78, 5) is 28.9. The Labute approximate surface area is 110 Å². The Balaban J connectivity index is 2.35. The van der Waals surface area contributed by atoms with Gasteiger partial charge in [-0.2, -0.15) is 0 Å². The van der Waals surface area contributed by atoms with Crippen LogP contribution in [0.3, 0.4) is 0 Å². The molecule has 0 atom stereocenters. The molecule has 1 heterocycles. The molecule has 7 heteroatoms. The van der Waals surface area contributed by atoms with Gasteiger partial charge in [0.05, 0.1) is 18.7 Å². The van der Waals surface area contributed by atoms with E-state index in [1.54, 1.807) is 10.3 Å². The van der Waals surface area contributed by atoms with Crippen LogP contribution in [0, 0.1) is 0 Å². The number of anilines is 1. The first kappa shape index (κ1) is 14.4. The second-order valence-electron chi connectivity index (χ2n) is 3.70. The summed E-state index contributed by atoms with van der Waals surface area (Å²) >= 11 is 1.29. The van der Waals surface area contributed by atoms with Crippen molar-refractivity contribution >= 4 is 28.3 Å². The van der Waals surface area contributed by atoms with Crippen LogP contribution in [-0.4, -0.2) is 41.3 Å². The van der Waals surface area contributed by atoms with Crippen molar-refractivity contribution in [2.24, 2.45) is 0 Å². The number of nitrogens with two attached hydrogens (primary N) is 1. The van der Waals surface area contributed by atoms with E-state index < -0.39 is 0 Å². The largest absolute Gasteiger partial charge is 0.375 e. The lowest BCUT2D eigenvalue weighted by molar-refractivity contribution is -0.132. The summed E-state index contributed by atoms with van der Waals surface area (Å²) in [6.45, 7) is 5.13. The molecule has 0 unspecified atom stereocenters. The summed E-state index contributed by atoms with van der Waals surface area (Å²) in [5.41, 5.74) is 6.10. The highest BCUT2D eigenvalue weighted by Crippen LogP contribution is 2.11. The molecule has 0 aliphatic carbocycles. The fourth-order valence-corrected chi connectivity index (χ4v) is 2.06. The Bertz CT molecular complexity index is 415. The van der Waals surface area contributed by atoms with E-state index in [4.69, 9.17) is 5.73 Å². The van der Waals surface area contributed by atoms with Gasteiger partial charge in [-0.1, -0.05) is 0 Å². The molecule has 0 saturated heterocycles. The summed E-state index contributed by atoms with van der Waals surface area (Å²) < 4.78 is 0. The van der Waals surface area contributed by atoms with Gasteiger partial charge in [-0.15, -0.1) is 11.3 Å². The predicted molar refractivity (Wildman–Crippen MR) is 71.2 cm³/mol. The zero-order valence-electron chi connectivity index (χ0n) is 10.6. The molecule has 1 aromatic heterocycles. The maximum atomic E-state index is 11.6. The normalized spacial score (nSPS) is 10.1.